The number of furan rings is 1. The zero-order chi connectivity index (χ0) is 18.8. The maximum atomic E-state index is 6.34. The third-order valence-corrected chi connectivity index (χ3v) is 7.30. The molecule has 3 heteroatoms. The van der Waals surface area contributed by atoms with Crippen molar-refractivity contribution in [1.82, 2.24) is 4.98 Å². The first-order valence-corrected chi connectivity index (χ1v) is 10.5. The van der Waals surface area contributed by atoms with Gasteiger partial charge in [0.25, 0.3) is 0 Å². The van der Waals surface area contributed by atoms with E-state index in [9.17, 15) is 0 Å². The van der Waals surface area contributed by atoms with Crippen molar-refractivity contribution in [3.63, 3.8) is 0 Å². The number of hydrogen-bond donors (Lipinski definition) is 0. The molecule has 0 bridgehead atoms. The first kappa shape index (κ1) is 17.1. The molecule has 1 saturated carbocycles. The van der Waals surface area contributed by atoms with Gasteiger partial charge in [-0.15, -0.1) is 0 Å². The number of hydrogen-bond acceptors (Lipinski definition) is 3. The van der Waals surface area contributed by atoms with Crippen molar-refractivity contribution >= 4 is 27.8 Å². The minimum atomic E-state index is 0.132. The highest BCUT2D eigenvalue weighted by molar-refractivity contribution is 6.08. The maximum Gasteiger partial charge on any atom is 0.227 e. The molecule has 2 fully saturated rings. The molecule has 1 atom stereocenters. The Labute approximate surface area is 161 Å². The molecule has 2 aromatic heterocycles. The van der Waals surface area contributed by atoms with E-state index in [-0.39, 0.29) is 5.54 Å². The van der Waals surface area contributed by atoms with Crippen LogP contribution in [0.25, 0.3) is 22.1 Å². The summed E-state index contributed by atoms with van der Waals surface area (Å²) >= 11 is 0. The van der Waals surface area contributed by atoms with Crippen LogP contribution >= 0.6 is 0 Å². The molecule has 0 unspecified atom stereocenters. The third kappa shape index (κ3) is 2.43. The standard InChI is InChI=1S/C24H30N2O/c1-16-11-12-19-18-9-8-10-20(21(18)27-22(19)25-16)26-17(2)24(15-23(26,3)4)13-6-5-7-14-24/h8-12,17H,5-7,13-15H2,1-4H3/t17-/m0/s1. The van der Waals surface area contributed by atoms with Crippen molar-refractivity contribution in [3.05, 3.63) is 36.0 Å². The van der Waals surface area contributed by atoms with E-state index in [1.807, 2.05) is 6.92 Å². The minimum absolute atomic E-state index is 0.132. The molecular formula is C24H30N2O. The summed E-state index contributed by atoms with van der Waals surface area (Å²) in [6, 6.07) is 11.4. The normalized spacial score (nSPS) is 24.3. The van der Waals surface area contributed by atoms with Gasteiger partial charge < -0.3 is 9.32 Å². The zero-order valence-electron chi connectivity index (χ0n) is 17.0. The van der Waals surface area contributed by atoms with Gasteiger partial charge in [0.15, 0.2) is 5.58 Å². The molecule has 3 heterocycles. The largest absolute Gasteiger partial charge is 0.436 e. The third-order valence-electron chi connectivity index (χ3n) is 7.30. The maximum absolute atomic E-state index is 6.34. The van der Waals surface area contributed by atoms with Crippen molar-refractivity contribution in [3.8, 4) is 0 Å². The average molecular weight is 363 g/mol. The van der Waals surface area contributed by atoms with E-state index in [0.29, 0.717) is 11.5 Å². The lowest BCUT2D eigenvalue weighted by Crippen LogP contribution is -2.44. The van der Waals surface area contributed by atoms with Crippen LogP contribution in [0.1, 0.15) is 65.0 Å². The number of benzene rings is 1. The molecule has 1 aliphatic heterocycles. The van der Waals surface area contributed by atoms with Crippen LogP contribution in [-0.4, -0.2) is 16.6 Å². The molecule has 0 amide bonds. The van der Waals surface area contributed by atoms with Gasteiger partial charge in [-0.2, -0.15) is 0 Å². The predicted octanol–water partition coefficient (Wildman–Crippen LogP) is 6.62. The second kappa shape index (κ2) is 5.73. The molecular weight excluding hydrogens is 332 g/mol. The summed E-state index contributed by atoms with van der Waals surface area (Å²) in [5.74, 6) is 0. The van der Waals surface area contributed by atoms with Crippen LogP contribution < -0.4 is 4.90 Å². The quantitative estimate of drug-likeness (QED) is 0.487. The SMILES string of the molecule is Cc1ccc2c(n1)oc1c(N3[C@@H](C)C4(CCCCC4)CC3(C)C)cccc12. The lowest BCUT2D eigenvalue weighted by molar-refractivity contribution is 0.170. The average Bonchev–Trinajstić information content (AvgIpc) is 3.08. The molecule has 27 heavy (non-hydrogen) atoms. The van der Waals surface area contributed by atoms with Crippen LogP contribution in [0.3, 0.4) is 0 Å². The first-order valence-electron chi connectivity index (χ1n) is 10.5. The van der Waals surface area contributed by atoms with E-state index in [0.717, 1.165) is 22.4 Å². The fraction of sp³-hybridized carbons (Fsp3) is 0.542. The van der Waals surface area contributed by atoms with Gasteiger partial charge in [0.1, 0.15) is 0 Å². The van der Waals surface area contributed by atoms with Crippen LogP contribution in [0.5, 0.6) is 0 Å². The molecule has 1 aliphatic carbocycles. The summed E-state index contributed by atoms with van der Waals surface area (Å²) in [6.07, 6.45) is 8.17. The van der Waals surface area contributed by atoms with E-state index in [4.69, 9.17) is 4.42 Å². The first-order chi connectivity index (χ1) is 12.9. The fourth-order valence-corrected chi connectivity index (χ4v) is 6.22. The number of anilines is 1. The van der Waals surface area contributed by atoms with Gasteiger partial charge in [-0.1, -0.05) is 31.4 Å². The Morgan fingerprint density at radius 1 is 1.04 bits per heavy atom. The summed E-state index contributed by atoms with van der Waals surface area (Å²) in [7, 11) is 0. The van der Waals surface area contributed by atoms with Crippen LogP contribution in [0, 0.1) is 12.3 Å². The van der Waals surface area contributed by atoms with Gasteiger partial charge in [0.2, 0.25) is 5.71 Å². The summed E-state index contributed by atoms with van der Waals surface area (Å²) in [5, 5.41) is 2.30. The van der Waals surface area contributed by atoms with Crippen LogP contribution in [0.2, 0.25) is 0 Å². The van der Waals surface area contributed by atoms with Crippen LogP contribution in [0.4, 0.5) is 5.69 Å². The van der Waals surface area contributed by atoms with Gasteiger partial charge in [0, 0.05) is 28.0 Å². The van der Waals surface area contributed by atoms with Crippen molar-refractivity contribution in [2.75, 3.05) is 4.90 Å². The lowest BCUT2D eigenvalue weighted by atomic mass is 9.68. The summed E-state index contributed by atoms with van der Waals surface area (Å²) in [5.41, 5.74) is 4.58. The Bertz CT molecular complexity index is 1010. The molecule has 0 N–H and O–H groups in total. The Morgan fingerprint density at radius 3 is 2.59 bits per heavy atom. The van der Waals surface area contributed by atoms with E-state index >= 15 is 0 Å². The van der Waals surface area contributed by atoms with Crippen LogP contribution in [-0.2, 0) is 0 Å². The Balaban J connectivity index is 1.69. The van der Waals surface area contributed by atoms with Gasteiger partial charge in [0.05, 0.1) is 5.69 Å². The zero-order valence-corrected chi connectivity index (χ0v) is 17.0. The van der Waals surface area contributed by atoms with E-state index < -0.39 is 0 Å². The van der Waals surface area contributed by atoms with Crippen molar-refractivity contribution < 1.29 is 4.42 Å². The van der Waals surface area contributed by atoms with E-state index in [2.05, 4.69) is 61.0 Å². The molecule has 0 radical (unpaired) electrons. The number of rotatable bonds is 1. The van der Waals surface area contributed by atoms with Crippen molar-refractivity contribution in [2.24, 2.45) is 5.41 Å². The molecule has 3 aromatic rings. The number of aryl methyl sites for hydroxylation is 1. The van der Waals surface area contributed by atoms with Crippen molar-refractivity contribution in [2.45, 2.75) is 77.8 Å². The van der Waals surface area contributed by atoms with Gasteiger partial charge in [-0.25, -0.2) is 4.98 Å². The Morgan fingerprint density at radius 2 is 1.81 bits per heavy atom. The second-order valence-corrected chi connectivity index (χ2v) is 9.52. The highest BCUT2D eigenvalue weighted by Gasteiger charge is 2.54. The smallest absolute Gasteiger partial charge is 0.227 e. The molecule has 3 nitrogen and oxygen atoms in total. The number of pyridine rings is 1. The number of aromatic nitrogens is 1. The van der Waals surface area contributed by atoms with Gasteiger partial charge >= 0.3 is 0 Å². The molecule has 5 rings (SSSR count). The Hall–Kier alpha value is -2.03. The predicted molar refractivity (Wildman–Crippen MR) is 112 cm³/mol. The highest BCUT2D eigenvalue weighted by Crippen LogP contribution is 2.56. The summed E-state index contributed by atoms with van der Waals surface area (Å²) < 4.78 is 6.34. The highest BCUT2D eigenvalue weighted by atomic mass is 16.3. The molecule has 1 saturated heterocycles. The molecule has 142 valence electrons. The molecule has 1 aromatic carbocycles. The summed E-state index contributed by atoms with van der Waals surface area (Å²) in [4.78, 5) is 7.30. The molecule has 1 spiro atoms. The van der Waals surface area contributed by atoms with Crippen LogP contribution in [0.15, 0.2) is 34.7 Å². The minimum Gasteiger partial charge on any atom is -0.436 e. The monoisotopic (exact) mass is 362 g/mol. The van der Waals surface area contributed by atoms with Gasteiger partial charge in [-0.3, -0.25) is 0 Å². The van der Waals surface area contributed by atoms with Gasteiger partial charge in [-0.05, 0) is 70.6 Å². The Kier molecular flexibility index (Phi) is 3.63. The lowest BCUT2D eigenvalue weighted by Gasteiger charge is -2.40. The van der Waals surface area contributed by atoms with E-state index in [1.165, 1.54) is 49.6 Å². The number of para-hydroxylation sites is 1. The number of nitrogens with zero attached hydrogens (tertiary/aromatic N) is 2. The fourth-order valence-electron chi connectivity index (χ4n) is 6.22. The molecule has 2 aliphatic rings. The van der Waals surface area contributed by atoms with E-state index in [1.54, 1.807) is 0 Å². The summed E-state index contributed by atoms with van der Waals surface area (Å²) in [6.45, 7) is 9.30. The topological polar surface area (TPSA) is 29.3 Å². The number of fused-ring (bicyclic) bond motifs is 3. The van der Waals surface area contributed by atoms with Crippen molar-refractivity contribution in [1.29, 1.82) is 0 Å². The second-order valence-electron chi connectivity index (χ2n) is 9.52.